The zero-order valence-corrected chi connectivity index (χ0v) is 12.9. The van der Waals surface area contributed by atoms with Crippen molar-refractivity contribution in [2.75, 3.05) is 0 Å². The minimum absolute atomic E-state index is 0.367. The third kappa shape index (κ3) is 6.06. The second kappa shape index (κ2) is 6.27. The van der Waals surface area contributed by atoms with Crippen LogP contribution in [0.25, 0.3) is 0 Å². The van der Waals surface area contributed by atoms with Crippen molar-refractivity contribution in [1.29, 1.82) is 0 Å². The molecule has 0 radical (unpaired) electrons. The van der Waals surface area contributed by atoms with Crippen LogP contribution in [0.1, 0.15) is 40.2 Å². The van der Waals surface area contributed by atoms with Crippen molar-refractivity contribution < 1.29 is 14.6 Å². The first-order valence-corrected chi connectivity index (χ1v) is 6.83. The Kier molecular flexibility index (Phi) is 5.17. The van der Waals surface area contributed by atoms with Crippen molar-refractivity contribution in [2.24, 2.45) is 0 Å². The van der Waals surface area contributed by atoms with Crippen LogP contribution in [0.15, 0.2) is 30.3 Å². The smallest absolute Gasteiger partial charge is 0.407 e. The second-order valence-corrected chi connectivity index (χ2v) is 6.61. The fourth-order valence-electron chi connectivity index (χ4n) is 1.73. The Hall–Kier alpha value is -1.55. The monoisotopic (exact) mass is 279 g/mol. The van der Waals surface area contributed by atoms with Gasteiger partial charge in [-0.25, -0.2) is 4.79 Å². The summed E-state index contributed by atoms with van der Waals surface area (Å²) in [4.78, 5) is 11.9. The summed E-state index contributed by atoms with van der Waals surface area (Å²) >= 11 is 0. The van der Waals surface area contributed by atoms with Gasteiger partial charge in [0, 0.05) is 12.0 Å². The van der Waals surface area contributed by atoms with Gasteiger partial charge in [0.1, 0.15) is 6.10 Å². The highest BCUT2D eigenvalue weighted by atomic mass is 16.6. The molecule has 112 valence electrons. The average molecular weight is 279 g/mol. The van der Waals surface area contributed by atoms with Crippen molar-refractivity contribution in [3.63, 3.8) is 0 Å². The molecule has 0 bridgehead atoms. The predicted molar refractivity (Wildman–Crippen MR) is 79.6 cm³/mol. The predicted octanol–water partition coefficient (Wildman–Crippen LogP) is 2.89. The lowest BCUT2D eigenvalue weighted by Gasteiger charge is -2.30. The summed E-state index contributed by atoms with van der Waals surface area (Å²) in [7, 11) is 0. The van der Waals surface area contributed by atoms with Crippen molar-refractivity contribution in [2.45, 2.75) is 58.3 Å². The molecule has 0 aromatic heterocycles. The van der Waals surface area contributed by atoms with E-state index < -0.39 is 17.8 Å². The van der Waals surface area contributed by atoms with E-state index in [9.17, 15) is 9.90 Å². The third-order valence-electron chi connectivity index (χ3n) is 2.78. The molecule has 0 aliphatic carbocycles. The summed E-state index contributed by atoms with van der Waals surface area (Å²) in [6.07, 6.45) is -0.644. The number of ether oxygens (including phenoxy) is 1. The molecule has 4 heteroatoms. The first-order valence-electron chi connectivity index (χ1n) is 6.83. The van der Waals surface area contributed by atoms with Gasteiger partial charge < -0.3 is 15.2 Å². The molecular weight excluding hydrogens is 254 g/mol. The SMILES string of the molecule is CC(C)(C)NC(=O)O[C@@H](Cc1ccccc1)C(C)(C)O. The number of nitrogens with one attached hydrogen (secondary N) is 1. The van der Waals surface area contributed by atoms with E-state index in [0.717, 1.165) is 5.56 Å². The number of hydrogen-bond donors (Lipinski definition) is 2. The Labute approximate surface area is 121 Å². The maximum atomic E-state index is 11.9. The van der Waals surface area contributed by atoms with E-state index in [2.05, 4.69) is 5.32 Å². The minimum atomic E-state index is -1.11. The van der Waals surface area contributed by atoms with Crippen LogP contribution in [0.5, 0.6) is 0 Å². The van der Waals surface area contributed by atoms with Crippen LogP contribution in [-0.2, 0) is 11.2 Å². The lowest BCUT2D eigenvalue weighted by Crippen LogP contribution is -2.47. The summed E-state index contributed by atoms with van der Waals surface area (Å²) in [6.45, 7) is 8.93. The van der Waals surface area contributed by atoms with Crippen molar-refractivity contribution >= 4 is 6.09 Å². The molecule has 0 saturated heterocycles. The highest BCUT2D eigenvalue weighted by Crippen LogP contribution is 2.18. The summed E-state index contributed by atoms with van der Waals surface area (Å²) < 4.78 is 5.39. The molecule has 0 spiro atoms. The van der Waals surface area contributed by atoms with Crippen LogP contribution in [0.3, 0.4) is 0 Å². The van der Waals surface area contributed by atoms with Crippen molar-refractivity contribution in [3.8, 4) is 0 Å². The van der Waals surface area contributed by atoms with Gasteiger partial charge in [0.25, 0.3) is 0 Å². The van der Waals surface area contributed by atoms with Gasteiger partial charge in [-0.2, -0.15) is 0 Å². The molecule has 0 aliphatic rings. The average Bonchev–Trinajstić information content (AvgIpc) is 2.25. The van der Waals surface area contributed by atoms with Gasteiger partial charge in [-0.3, -0.25) is 0 Å². The molecule has 0 unspecified atom stereocenters. The number of carbonyl (C=O) groups excluding carboxylic acids is 1. The largest absolute Gasteiger partial charge is 0.443 e. The Bertz CT molecular complexity index is 429. The lowest BCUT2D eigenvalue weighted by atomic mass is 9.95. The first-order chi connectivity index (χ1) is 9.08. The molecule has 1 amide bonds. The van der Waals surface area contributed by atoms with Gasteiger partial charge >= 0.3 is 6.09 Å². The fourth-order valence-corrected chi connectivity index (χ4v) is 1.73. The van der Waals surface area contributed by atoms with Crippen molar-refractivity contribution in [1.82, 2.24) is 5.32 Å². The van der Waals surface area contributed by atoms with Crippen molar-refractivity contribution in [3.05, 3.63) is 35.9 Å². The first kappa shape index (κ1) is 16.5. The zero-order valence-electron chi connectivity index (χ0n) is 12.9. The number of rotatable bonds is 4. The molecule has 0 aliphatic heterocycles. The Morgan fingerprint density at radius 3 is 2.20 bits per heavy atom. The summed E-state index contributed by atoms with van der Waals surface area (Å²) in [5.74, 6) is 0. The Balaban J connectivity index is 2.74. The van der Waals surface area contributed by atoms with Crippen LogP contribution in [0.4, 0.5) is 4.79 Å². The number of amides is 1. The van der Waals surface area contributed by atoms with Crippen LogP contribution < -0.4 is 5.32 Å². The second-order valence-electron chi connectivity index (χ2n) is 6.61. The van der Waals surface area contributed by atoms with Gasteiger partial charge in [0.15, 0.2) is 0 Å². The van der Waals surface area contributed by atoms with E-state index in [-0.39, 0.29) is 5.54 Å². The van der Waals surface area contributed by atoms with Crippen LogP contribution in [0.2, 0.25) is 0 Å². The molecule has 1 aromatic rings. The highest BCUT2D eigenvalue weighted by molar-refractivity contribution is 5.68. The van der Waals surface area contributed by atoms with E-state index in [1.54, 1.807) is 13.8 Å². The molecule has 0 saturated carbocycles. The molecule has 1 aromatic carbocycles. The summed E-state index contributed by atoms with van der Waals surface area (Å²) in [6, 6.07) is 9.67. The minimum Gasteiger partial charge on any atom is -0.443 e. The number of carbonyl (C=O) groups is 1. The molecule has 2 N–H and O–H groups in total. The molecule has 1 rings (SSSR count). The van der Waals surface area contributed by atoms with E-state index in [1.807, 2.05) is 51.1 Å². The number of aliphatic hydroxyl groups is 1. The third-order valence-corrected chi connectivity index (χ3v) is 2.78. The van der Waals surface area contributed by atoms with Crippen LogP contribution in [0, 0.1) is 0 Å². The summed E-state index contributed by atoms with van der Waals surface area (Å²) in [5.41, 5.74) is -0.456. The van der Waals surface area contributed by atoms with Gasteiger partial charge in [-0.1, -0.05) is 30.3 Å². The topological polar surface area (TPSA) is 58.6 Å². The van der Waals surface area contributed by atoms with E-state index >= 15 is 0 Å². The number of alkyl carbamates (subject to hydrolysis) is 1. The molecule has 20 heavy (non-hydrogen) atoms. The normalized spacial score (nSPS) is 13.7. The van der Waals surface area contributed by atoms with E-state index in [0.29, 0.717) is 6.42 Å². The number of benzene rings is 1. The molecular formula is C16H25NO3. The molecule has 1 atom stereocenters. The van der Waals surface area contributed by atoms with Gasteiger partial charge in [0.05, 0.1) is 5.60 Å². The van der Waals surface area contributed by atoms with Gasteiger partial charge in [-0.15, -0.1) is 0 Å². The Morgan fingerprint density at radius 2 is 1.75 bits per heavy atom. The van der Waals surface area contributed by atoms with Gasteiger partial charge in [0.2, 0.25) is 0 Å². The van der Waals surface area contributed by atoms with Gasteiger partial charge in [-0.05, 0) is 40.2 Å². The van der Waals surface area contributed by atoms with E-state index in [1.165, 1.54) is 0 Å². The molecule has 0 heterocycles. The van der Waals surface area contributed by atoms with E-state index in [4.69, 9.17) is 4.74 Å². The molecule has 0 fully saturated rings. The quantitative estimate of drug-likeness (QED) is 0.891. The summed E-state index contributed by atoms with van der Waals surface area (Å²) in [5, 5.41) is 12.9. The van der Waals surface area contributed by atoms with Crippen LogP contribution >= 0.6 is 0 Å². The number of hydrogen-bond acceptors (Lipinski definition) is 3. The highest BCUT2D eigenvalue weighted by Gasteiger charge is 2.31. The van der Waals surface area contributed by atoms with Crippen LogP contribution in [-0.4, -0.2) is 28.4 Å². The zero-order chi connectivity index (χ0) is 15.4. The Morgan fingerprint density at radius 1 is 1.20 bits per heavy atom. The standard InChI is InChI=1S/C16H25NO3/c1-15(2,3)17-14(18)20-13(16(4,5)19)11-12-9-7-6-8-10-12/h6-10,13,19H,11H2,1-5H3,(H,17,18)/t13-/m0/s1. The maximum absolute atomic E-state index is 11.9. The maximum Gasteiger partial charge on any atom is 0.407 e. The fraction of sp³-hybridized carbons (Fsp3) is 0.562. The lowest BCUT2D eigenvalue weighted by molar-refractivity contribution is -0.0558. The molecule has 4 nitrogen and oxygen atoms in total.